The van der Waals surface area contributed by atoms with Crippen molar-refractivity contribution in [2.24, 2.45) is 0 Å². The van der Waals surface area contributed by atoms with Crippen molar-refractivity contribution in [2.75, 3.05) is 26.9 Å². The van der Waals surface area contributed by atoms with E-state index in [0.717, 1.165) is 36.8 Å². The summed E-state index contributed by atoms with van der Waals surface area (Å²) in [5, 5.41) is 5.55. The molecule has 104 valence electrons. The summed E-state index contributed by atoms with van der Waals surface area (Å²) < 4.78 is 13.2. The van der Waals surface area contributed by atoms with E-state index in [1.807, 2.05) is 0 Å². The molecule has 6 heteroatoms. The number of ether oxygens (including phenoxy) is 2. The van der Waals surface area contributed by atoms with E-state index in [1.54, 1.807) is 18.4 Å². The van der Waals surface area contributed by atoms with E-state index >= 15 is 0 Å². The molecule has 0 amide bonds. The Morgan fingerprint density at radius 2 is 2.53 bits per heavy atom. The Bertz CT molecular complexity index is 557. The summed E-state index contributed by atoms with van der Waals surface area (Å²) in [5.41, 5.74) is 2.15. The van der Waals surface area contributed by atoms with Crippen LogP contribution in [0.4, 0.5) is 0 Å². The van der Waals surface area contributed by atoms with Crippen molar-refractivity contribution in [1.29, 1.82) is 0 Å². The molecule has 0 saturated carbocycles. The van der Waals surface area contributed by atoms with Crippen LogP contribution in [0.25, 0.3) is 4.96 Å². The number of hydrogen-bond donors (Lipinski definition) is 1. The Labute approximate surface area is 116 Å². The fourth-order valence-corrected chi connectivity index (χ4v) is 3.30. The Balaban J connectivity index is 1.66. The maximum Gasteiger partial charge on any atom is 0.194 e. The summed E-state index contributed by atoms with van der Waals surface area (Å²) in [5.74, 6) is 0. The highest BCUT2D eigenvalue weighted by molar-refractivity contribution is 7.15. The molecule has 1 atom stereocenters. The molecule has 1 unspecified atom stereocenters. The van der Waals surface area contributed by atoms with Crippen LogP contribution in [0.3, 0.4) is 0 Å². The molecule has 1 saturated heterocycles. The molecular weight excluding hydrogens is 262 g/mol. The summed E-state index contributed by atoms with van der Waals surface area (Å²) >= 11 is 1.66. The molecule has 1 aliphatic heterocycles. The average Bonchev–Trinajstić information content (AvgIpc) is 3.08. The number of fused-ring (bicyclic) bond motifs is 1. The Morgan fingerprint density at radius 3 is 3.26 bits per heavy atom. The smallest absolute Gasteiger partial charge is 0.194 e. The van der Waals surface area contributed by atoms with Gasteiger partial charge in [0.25, 0.3) is 0 Å². The Hall–Kier alpha value is -0.950. The summed E-state index contributed by atoms with van der Waals surface area (Å²) in [7, 11) is 1.76. The molecule has 1 N–H and O–H groups in total. The SMILES string of the molecule is COC1(CNCc2c(C)nc3sccn23)CCOC1. The number of rotatable bonds is 5. The van der Waals surface area contributed by atoms with Crippen molar-refractivity contribution >= 4 is 16.3 Å². The van der Waals surface area contributed by atoms with Crippen LogP contribution in [-0.2, 0) is 16.0 Å². The van der Waals surface area contributed by atoms with Gasteiger partial charge in [-0.15, -0.1) is 11.3 Å². The number of hydrogen-bond acceptors (Lipinski definition) is 5. The van der Waals surface area contributed by atoms with Crippen LogP contribution < -0.4 is 5.32 Å². The highest BCUT2D eigenvalue weighted by Gasteiger charge is 2.34. The van der Waals surface area contributed by atoms with Crippen molar-refractivity contribution < 1.29 is 9.47 Å². The highest BCUT2D eigenvalue weighted by Crippen LogP contribution is 2.22. The van der Waals surface area contributed by atoms with Gasteiger partial charge in [-0.05, 0) is 6.92 Å². The zero-order valence-electron chi connectivity index (χ0n) is 11.3. The molecule has 0 bridgehead atoms. The first-order valence-electron chi connectivity index (χ1n) is 6.49. The predicted octanol–water partition coefficient (Wildman–Crippen LogP) is 1.60. The first-order valence-corrected chi connectivity index (χ1v) is 7.37. The zero-order valence-corrected chi connectivity index (χ0v) is 12.1. The highest BCUT2D eigenvalue weighted by atomic mass is 32.1. The van der Waals surface area contributed by atoms with E-state index in [2.05, 4.69) is 33.2 Å². The molecule has 5 nitrogen and oxygen atoms in total. The summed E-state index contributed by atoms with van der Waals surface area (Å²) in [6.07, 6.45) is 3.03. The van der Waals surface area contributed by atoms with Gasteiger partial charge in [0.2, 0.25) is 0 Å². The lowest BCUT2D eigenvalue weighted by molar-refractivity contribution is -0.0159. The molecule has 19 heavy (non-hydrogen) atoms. The first-order chi connectivity index (χ1) is 9.24. The van der Waals surface area contributed by atoms with E-state index in [9.17, 15) is 0 Å². The number of aromatic nitrogens is 2. The van der Waals surface area contributed by atoms with Gasteiger partial charge in [0.1, 0.15) is 5.60 Å². The molecule has 0 spiro atoms. The molecular formula is C13H19N3O2S. The van der Waals surface area contributed by atoms with E-state index < -0.39 is 0 Å². The minimum absolute atomic E-state index is 0.160. The quantitative estimate of drug-likeness (QED) is 0.904. The maximum atomic E-state index is 5.61. The Morgan fingerprint density at radius 1 is 1.63 bits per heavy atom. The number of thiazole rings is 1. The standard InChI is InChI=1S/C13H19N3O2S/c1-10-11(16-4-6-19-12(16)15-10)7-14-8-13(17-2)3-5-18-9-13/h4,6,14H,3,5,7-9H2,1-2H3. The van der Waals surface area contributed by atoms with Crippen molar-refractivity contribution in [3.05, 3.63) is 23.0 Å². The van der Waals surface area contributed by atoms with Crippen LogP contribution in [0.1, 0.15) is 17.8 Å². The van der Waals surface area contributed by atoms with E-state index in [-0.39, 0.29) is 5.60 Å². The minimum atomic E-state index is -0.160. The van der Waals surface area contributed by atoms with Crippen molar-refractivity contribution in [1.82, 2.24) is 14.7 Å². The molecule has 2 aromatic rings. The van der Waals surface area contributed by atoms with Crippen LogP contribution >= 0.6 is 11.3 Å². The summed E-state index contributed by atoms with van der Waals surface area (Å²) in [6.45, 7) is 5.13. The van der Waals surface area contributed by atoms with Gasteiger partial charge in [0.15, 0.2) is 4.96 Å². The van der Waals surface area contributed by atoms with E-state index in [0.29, 0.717) is 6.61 Å². The monoisotopic (exact) mass is 281 g/mol. The summed E-state index contributed by atoms with van der Waals surface area (Å²) in [6, 6.07) is 0. The second kappa shape index (κ2) is 5.20. The molecule has 2 aromatic heterocycles. The van der Waals surface area contributed by atoms with Gasteiger partial charge in [-0.25, -0.2) is 4.98 Å². The van der Waals surface area contributed by atoms with E-state index in [1.165, 1.54) is 5.69 Å². The lowest BCUT2D eigenvalue weighted by atomic mass is 10.0. The molecule has 0 aliphatic carbocycles. The fraction of sp³-hybridized carbons (Fsp3) is 0.615. The molecule has 1 fully saturated rings. The molecule has 0 aromatic carbocycles. The number of aryl methyl sites for hydroxylation is 1. The van der Waals surface area contributed by atoms with Crippen LogP contribution in [-0.4, -0.2) is 41.9 Å². The zero-order chi connectivity index (χ0) is 13.3. The van der Waals surface area contributed by atoms with Crippen LogP contribution in [0.5, 0.6) is 0 Å². The molecule has 0 radical (unpaired) electrons. The topological polar surface area (TPSA) is 47.8 Å². The second-order valence-corrected chi connectivity index (χ2v) is 5.87. The average molecular weight is 281 g/mol. The first kappa shape index (κ1) is 13.1. The van der Waals surface area contributed by atoms with Crippen molar-refractivity contribution in [3.8, 4) is 0 Å². The fourth-order valence-electron chi connectivity index (χ4n) is 2.52. The third-order valence-electron chi connectivity index (χ3n) is 3.80. The lowest BCUT2D eigenvalue weighted by Gasteiger charge is -2.26. The van der Waals surface area contributed by atoms with Gasteiger partial charge in [-0.3, -0.25) is 4.40 Å². The summed E-state index contributed by atoms with van der Waals surface area (Å²) in [4.78, 5) is 5.60. The van der Waals surface area contributed by atoms with Gasteiger partial charge in [0.05, 0.1) is 18.0 Å². The van der Waals surface area contributed by atoms with Crippen molar-refractivity contribution in [2.45, 2.75) is 25.5 Å². The van der Waals surface area contributed by atoms with Gasteiger partial charge < -0.3 is 14.8 Å². The van der Waals surface area contributed by atoms with Crippen molar-refractivity contribution in [3.63, 3.8) is 0 Å². The Kier molecular flexibility index (Phi) is 3.58. The van der Waals surface area contributed by atoms with E-state index in [4.69, 9.17) is 9.47 Å². The van der Waals surface area contributed by atoms with Gasteiger partial charge in [-0.2, -0.15) is 0 Å². The molecule has 3 heterocycles. The number of imidazole rings is 1. The van der Waals surface area contributed by atoms with Gasteiger partial charge >= 0.3 is 0 Å². The van der Waals surface area contributed by atoms with Crippen LogP contribution in [0.2, 0.25) is 0 Å². The van der Waals surface area contributed by atoms with Gasteiger partial charge in [0, 0.05) is 44.8 Å². The molecule has 1 aliphatic rings. The van der Waals surface area contributed by atoms with Crippen LogP contribution in [0.15, 0.2) is 11.6 Å². The largest absolute Gasteiger partial charge is 0.378 e. The second-order valence-electron chi connectivity index (χ2n) is 4.99. The third kappa shape index (κ3) is 2.41. The third-order valence-corrected chi connectivity index (χ3v) is 4.56. The number of methoxy groups -OCH3 is 1. The van der Waals surface area contributed by atoms with Crippen LogP contribution in [0, 0.1) is 6.92 Å². The van der Waals surface area contributed by atoms with Gasteiger partial charge in [-0.1, -0.05) is 0 Å². The predicted molar refractivity (Wildman–Crippen MR) is 74.7 cm³/mol. The molecule has 3 rings (SSSR count). The maximum absolute atomic E-state index is 5.61. The number of nitrogens with one attached hydrogen (secondary N) is 1. The normalized spacial score (nSPS) is 23.5. The minimum Gasteiger partial charge on any atom is -0.378 e. The number of nitrogens with zero attached hydrogens (tertiary/aromatic N) is 2. The lowest BCUT2D eigenvalue weighted by Crippen LogP contribution is -2.42.